The zero-order valence-corrected chi connectivity index (χ0v) is 12.4. The third-order valence-corrected chi connectivity index (χ3v) is 3.13. The number of hydrogen-bond donors (Lipinski definition) is 1. The molecule has 0 bridgehead atoms. The van der Waals surface area contributed by atoms with E-state index >= 15 is 0 Å². The highest BCUT2D eigenvalue weighted by Gasteiger charge is 2.31. The van der Waals surface area contributed by atoms with Gasteiger partial charge in [-0.05, 0) is 18.2 Å². The van der Waals surface area contributed by atoms with Crippen molar-refractivity contribution in [2.45, 2.75) is 6.36 Å². The lowest BCUT2D eigenvalue weighted by Gasteiger charge is -2.18. The van der Waals surface area contributed by atoms with Crippen molar-refractivity contribution in [3.05, 3.63) is 57.5 Å². The average molecular weight is 347 g/mol. The van der Waals surface area contributed by atoms with Crippen LogP contribution in [0.2, 0.25) is 5.02 Å². The van der Waals surface area contributed by atoms with Crippen LogP contribution < -0.4 is 15.2 Å². The number of nitrogens with zero attached hydrogens (tertiary/aromatic N) is 1. The van der Waals surface area contributed by atoms with Crippen LogP contribution in [0.5, 0.6) is 5.75 Å². The minimum Gasteiger partial charge on any atom is -0.406 e. The number of carbonyl (C=O) groups is 1. The summed E-state index contributed by atoms with van der Waals surface area (Å²) >= 11 is 5.65. The number of ether oxygens (including phenoxy) is 1. The fourth-order valence-electron chi connectivity index (χ4n) is 1.78. The summed E-state index contributed by atoms with van der Waals surface area (Å²) in [5.74, 6) is -1.01. The van der Waals surface area contributed by atoms with Gasteiger partial charge in [-0.2, -0.15) is 0 Å². The van der Waals surface area contributed by atoms with Crippen LogP contribution >= 0.6 is 11.6 Å². The van der Waals surface area contributed by atoms with Gasteiger partial charge in [-0.15, -0.1) is 13.2 Å². The van der Waals surface area contributed by atoms with Gasteiger partial charge in [0.15, 0.2) is 0 Å². The van der Waals surface area contributed by atoms with Gasteiger partial charge in [-0.25, -0.2) is 0 Å². The molecule has 0 aliphatic heterocycles. The number of H-pyrrole nitrogens is 1. The molecule has 1 amide bonds. The number of rotatable bonds is 3. The largest absolute Gasteiger partial charge is 0.573 e. The smallest absolute Gasteiger partial charge is 0.406 e. The average Bonchev–Trinajstić information content (AvgIpc) is 2.47. The number of alkyl halides is 3. The van der Waals surface area contributed by atoms with E-state index in [0.29, 0.717) is 0 Å². The van der Waals surface area contributed by atoms with E-state index in [-0.39, 0.29) is 16.3 Å². The molecule has 1 N–H and O–H groups in total. The number of benzene rings is 1. The highest BCUT2D eigenvalue weighted by Crippen LogP contribution is 2.27. The number of pyridine rings is 1. The number of anilines is 1. The summed E-state index contributed by atoms with van der Waals surface area (Å²) in [4.78, 5) is 26.9. The lowest BCUT2D eigenvalue weighted by Crippen LogP contribution is -2.27. The van der Waals surface area contributed by atoms with E-state index in [1.54, 1.807) is 0 Å². The van der Waals surface area contributed by atoms with Crippen LogP contribution in [-0.4, -0.2) is 24.3 Å². The molecule has 0 atom stereocenters. The lowest BCUT2D eigenvalue weighted by atomic mass is 10.2. The fourth-order valence-corrected chi connectivity index (χ4v) is 1.95. The van der Waals surface area contributed by atoms with E-state index in [2.05, 4.69) is 9.72 Å². The summed E-state index contributed by atoms with van der Waals surface area (Å²) in [5.41, 5.74) is -0.287. The van der Waals surface area contributed by atoms with E-state index in [1.165, 1.54) is 31.4 Å². The first-order valence-corrected chi connectivity index (χ1v) is 6.57. The van der Waals surface area contributed by atoms with Gasteiger partial charge in [-0.3, -0.25) is 9.59 Å². The Balaban J connectivity index is 2.27. The minimum atomic E-state index is -4.83. The Morgan fingerprint density at radius 3 is 2.61 bits per heavy atom. The number of amides is 1. The molecule has 0 spiro atoms. The van der Waals surface area contributed by atoms with Crippen molar-refractivity contribution in [3.8, 4) is 5.75 Å². The maximum Gasteiger partial charge on any atom is 0.573 e. The van der Waals surface area contributed by atoms with Crippen molar-refractivity contribution in [1.29, 1.82) is 0 Å². The highest BCUT2D eigenvalue weighted by atomic mass is 35.5. The first-order chi connectivity index (χ1) is 10.7. The van der Waals surface area contributed by atoms with Gasteiger partial charge >= 0.3 is 6.36 Å². The Labute approximate surface area is 133 Å². The quantitative estimate of drug-likeness (QED) is 0.928. The number of carbonyl (C=O) groups excluding carboxylic acids is 1. The Kier molecular flexibility index (Phi) is 4.65. The van der Waals surface area contributed by atoms with Crippen molar-refractivity contribution >= 4 is 23.2 Å². The molecule has 0 radical (unpaired) electrons. The van der Waals surface area contributed by atoms with Crippen LogP contribution in [0, 0.1) is 0 Å². The van der Waals surface area contributed by atoms with E-state index in [4.69, 9.17) is 11.6 Å². The normalized spacial score (nSPS) is 11.2. The van der Waals surface area contributed by atoms with Gasteiger partial charge in [0, 0.05) is 25.0 Å². The molecule has 1 heterocycles. The van der Waals surface area contributed by atoms with Gasteiger partial charge in [-0.1, -0.05) is 17.7 Å². The van der Waals surface area contributed by atoms with Crippen LogP contribution in [0.25, 0.3) is 0 Å². The predicted octanol–water partition coefficient (Wildman–Crippen LogP) is 3.20. The maximum atomic E-state index is 12.3. The Morgan fingerprint density at radius 1 is 1.30 bits per heavy atom. The van der Waals surface area contributed by atoms with Crippen molar-refractivity contribution in [2.75, 3.05) is 11.9 Å². The van der Waals surface area contributed by atoms with Gasteiger partial charge in [0.1, 0.15) is 10.8 Å². The summed E-state index contributed by atoms with van der Waals surface area (Å²) in [6, 6.07) is 6.12. The van der Waals surface area contributed by atoms with Crippen molar-refractivity contribution in [3.63, 3.8) is 0 Å². The summed E-state index contributed by atoms with van der Waals surface area (Å²) in [5, 5.41) is -0.168. The molecule has 0 aliphatic carbocycles. The molecule has 0 saturated heterocycles. The molecule has 0 aliphatic rings. The molecule has 0 fully saturated rings. The topological polar surface area (TPSA) is 62.4 Å². The first-order valence-electron chi connectivity index (χ1n) is 6.19. The number of nitrogens with one attached hydrogen (secondary N) is 1. The summed E-state index contributed by atoms with van der Waals surface area (Å²) in [6.07, 6.45) is -3.66. The van der Waals surface area contributed by atoms with Crippen LogP contribution in [0.3, 0.4) is 0 Å². The van der Waals surface area contributed by atoms with Crippen molar-refractivity contribution < 1.29 is 22.7 Å². The van der Waals surface area contributed by atoms with E-state index in [9.17, 15) is 22.8 Å². The molecule has 0 saturated carbocycles. The molecule has 9 heteroatoms. The van der Waals surface area contributed by atoms with Crippen LogP contribution in [0.4, 0.5) is 18.9 Å². The van der Waals surface area contributed by atoms with Gasteiger partial charge < -0.3 is 14.6 Å². The van der Waals surface area contributed by atoms with Crippen LogP contribution in [0.15, 0.2) is 41.3 Å². The predicted molar refractivity (Wildman–Crippen MR) is 77.9 cm³/mol. The zero-order chi connectivity index (χ0) is 17.2. The fraction of sp³-hybridized carbons (Fsp3) is 0.143. The third-order valence-electron chi connectivity index (χ3n) is 2.85. The lowest BCUT2D eigenvalue weighted by molar-refractivity contribution is -0.274. The molecule has 5 nitrogen and oxygen atoms in total. The number of halogens is 4. The molecular formula is C14H10ClF3N2O3. The first kappa shape index (κ1) is 16.9. The van der Waals surface area contributed by atoms with E-state index < -0.39 is 23.6 Å². The van der Waals surface area contributed by atoms with Crippen LogP contribution in [0.1, 0.15) is 10.4 Å². The second-order valence-corrected chi connectivity index (χ2v) is 4.88. The Hall–Kier alpha value is -2.48. The molecule has 2 rings (SSSR count). The zero-order valence-electron chi connectivity index (χ0n) is 11.6. The van der Waals surface area contributed by atoms with Gasteiger partial charge in [0.2, 0.25) is 0 Å². The second kappa shape index (κ2) is 6.33. The van der Waals surface area contributed by atoms with E-state index in [1.807, 2.05) is 0 Å². The molecule has 0 unspecified atom stereocenters. The SMILES string of the molecule is CN(C(=O)c1c[nH]c(=O)c(Cl)c1)c1cccc(OC(F)(F)F)c1. The molecule has 23 heavy (non-hydrogen) atoms. The van der Waals surface area contributed by atoms with Gasteiger partial charge in [0.05, 0.1) is 5.56 Å². The van der Waals surface area contributed by atoms with Crippen molar-refractivity contribution in [1.82, 2.24) is 4.98 Å². The number of aromatic nitrogens is 1. The van der Waals surface area contributed by atoms with Crippen LogP contribution in [-0.2, 0) is 0 Å². The van der Waals surface area contributed by atoms with E-state index in [0.717, 1.165) is 17.0 Å². The molecular weight excluding hydrogens is 337 g/mol. The Bertz CT molecular complexity index is 789. The minimum absolute atomic E-state index is 0.0826. The maximum absolute atomic E-state index is 12.3. The molecule has 1 aromatic carbocycles. The Morgan fingerprint density at radius 2 is 2.00 bits per heavy atom. The third kappa shape index (κ3) is 4.26. The van der Waals surface area contributed by atoms with Gasteiger partial charge in [0.25, 0.3) is 11.5 Å². The summed E-state index contributed by atoms with van der Waals surface area (Å²) in [6.45, 7) is 0. The standard InChI is InChI=1S/C14H10ClF3N2O3/c1-20(13(22)8-5-11(15)12(21)19-7-8)9-3-2-4-10(6-9)23-14(16,17)18/h2-7H,1H3,(H,19,21). The number of aromatic amines is 1. The molecule has 1 aromatic heterocycles. The van der Waals surface area contributed by atoms with Crippen molar-refractivity contribution in [2.24, 2.45) is 0 Å². The second-order valence-electron chi connectivity index (χ2n) is 4.47. The molecule has 122 valence electrons. The monoisotopic (exact) mass is 346 g/mol. The summed E-state index contributed by atoms with van der Waals surface area (Å²) in [7, 11) is 1.37. The summed E-state index contributed by atoms with van der Waals surface area (Å²) < 4.78 is 40.5. The highest BCUT2D eigenvalue weighted by molar-refractivity contribution is 6.30. The number of hydrogen-bond acceptors (Lipinski definition) is 3. The molecule has 2 aromatic rings.